The fourth-order valence-electron chi connectivity index (χ4n) is 0.865. The average Bonchev–Trinajstić information content (AvgIpc) is 2.05. The van der Waals surface area contributed by atoms with E-state index in [2.05, 4.69) is 9.98 Å². The molecule has 10 heavy (non-hydrogen) atoms. The maximum Gasteiger partial charge on any atom is 0.179 e. The fraction of sp³-hybridized carbons (Fsp3) is 0.143. The summed E-state index contributed by atoms with van der Waals surface area (Å²) >= 11 is 0. The Morgan fingerprint density at radius 1 is 1.50 bits per heavy atom. The quantitative estimate of drug-likeness (QED) is 0.527. The van der Waals surface area contributed by atoms with Crippen LogP contribution in [0.1, 0.15) is 5.56 Å². The van der Waals surface area contributed by atoms with Crippen LogP contribution in [0, 0.1) is 0 Å². The van der Waals surface area contributed by atoms with Crippen LogP contribution >= 0.6 is 0 Å². The van der Waals surface area contributed by atoms with Crippen molar-refractivity contribution < 1.29 is 4.74 Å². The molecular formula is C7H6N2O. The molecule has 0 aromatic carbocycles. The van der Waals surface area contributed by atoms with E-state index < -0.39 is 0 Å². The zero-order valence-electron chi connectivity index (χ0n) is 5.32. The Morgan fingerprint density at radius 3 is 3.40 bits per heavy atom. The maximum absolute atomic E-state index is 5.19. The van der Waals surface area contributed by atoms with Gasteiger partial charge in [0.1, 0.15) is 5.75 Å². The smallest absolute Gasteiger partial charge is 0.179 e. The van der Waals surface area contributed by atoms with Crippen LogP contribution in [0.25, 0.3) is 0 Å². The van der Waals surface area contributed by atoms with Gasteiger partial charge in [0.15, 0.2) is 6.73 Å². The molecule has 0 amide bonds. The normalized spacial score (nSPS) is 14.0. The van der Waals surface area contributed by atoms with Gasteiger partial charge in [0.2, 0.25) is 0 Å². The molecule has 1 aliphatic heterocycles. The van der Waals surface area contributed by atoms with Gasteiger partial charge in [0.25, 0.3) is 0 Å². The number of hydrogen-bond donors (Lipinski definition) is 0. The highest BCUT2D eigenvalue weighted by Gasteiger charge is 2.02. The Balaban J connectivity index is 2.54. The van der Waals surface area contributed by atoms with Crippen molar-refractivity contribution >= 4 is 6.21 Å². The zero-order valence-corrected chi connectivity index (χ0v) is 5.32. The molecule has 50 valence electrons. The van der Waals surface area contributed by atoms with E-state index in [1.165, 1.54) is 0 Å². The summed E-state index contributed by atoms with van der Waals surface area (Å²) in [5, 5.41) is 0. The van der Waals surface area contributed by atoms with E-state index in [0.717, 1.165) is 11.3 Å². The van der Waals surface area contributed by atoms with E-state index in [1.54, 1.807) is 18.6 Å². The van der Waals surface area contributed by atoms with Crippen LogP contribution in [-0.4, -0.2) is 17.9 Å². The second-order valence-corrected chi connectivity index (χ2v) is 2.00. The number of rotatable bonds is 0. The first kappa shape index (κ1) is 5.41. The molecule has 1 aromatic heterocycles. The highest BCUT2D eigenvalue weighted by atomic mass is 16.5. The Hall–Kier alpha value is -1.38. The molecule has 0 saturated carbocycles. The summed E-state index contributed by atoms with van der Waals surface area (Å²) in [7, 11) is 0. The van der Waals surface area contributed by atoms with Gasteiger partial charge in [-0.15, -0.1) is 0 Å². The summed E-state index contributed by atoms with van der Waals surface area (Å²) in [6.07, 6.45) is 5.21. The SMILES string of the molecule is C1=NCOc2ccncc21. The first-order valence-electron chi connectivity index (χ1n) is 3.03. The van der Waals surface area contributed by atoms with E-state index in [9.17, 15) is 0 Å². The minimum absolute atomic E-state index is 0.428. The molecule has 0 fully saturated rings. The van der Waals surface area contributed by atoms with E-state index in [0.29, 0.717) is 6.73 Å². The number of aromatic nitrogens is 1. The molecule has 0 radical (unpaired) electrons. The average molecular weight is 134 g/mol. The van der Waals surface area contributed by atoms with Crippen LogP contribution in [0.5, 0.6) is 5.75 Å². The van der Waals surface area contributed by atoms with Crippen LogP contribution in [0.15, 0.2) is 23.5 Å². The molecule has 0 N–H and O–H groups in total. The van der Waals surface area contributed by atoms with E-state index in [-0.39, 0.29) is 0 Å². The molecule has 2 heterocycles. The zero-order chi connectivity index (χ0) is 6.81. The molecule has 0 unspecified atom stereocenters. The molecule has 3 heteroatoms. The molecule has 3 nitrogen and oxygen atoms in total. The number of ether oxygens (including phenoxy) is 1. The lowest BCUT2D eigenvalue weighted by Crippen LogP contribution is -2.03. The number of pyridine rings is 1. The molecule has 0 bridgehead atoms. The van der Waals surface area contributed by atoms with Crippen molar-refractivity contribution in [1.29, 1.82) is 0 Å². The maximum atomic E-state index is 5.19. The second kappa shape index (κ2) is 2.10. The Bertz CT molecular complexity index is 270. The molecule has 1 aromatic rings. The molecule has 0 spiro atoms. The van der Waals surface area contributed by atoms with E-state index in [1.807, 2.05) is 6.07 Å². The van der Waals surface area contributed by atoms with Gasteiger partial charge < -0.3 is 4.74 Å². The number of hydrogen-bond acceptors (Lipinski definition) is 3. The molecule has 0 saturated heterocycles. The molecule has 0 atom stereocenters. The van der Waals surface area contributed by atoms with Crippen LogP contribution in [0.4, 0.5) is 0 Å². The third kappa shape index (κ3) is 0.757. The number of fused-ring (bicyclic) bond motifs is 1. The number of nitrogens with zero attached hydrogens (tertiary/aromatic N) is 2. The summed E-state index contributed by atoms with van der Waals surface area (Å²) < 4.78 is 5.19. The van der Waals surface area contributed by atoms with Gasteiger partial charge in [-0.05, 0) is 6.07 Å². The Kier molecular flexibility index (Phi) is 1.13. The summed E-state index contributed by atoms with van der Waals surface area (Å²) in [6, 6.07) is 1.83. The summed E-state index contributed by atoms with van der Waals surface area (Å²) in [5.41, 5.74) is 0.953. The lowest BCUT2D eigenvalue weighted by Gasteiger charge is -2.09. The topological polar surface area (TPSA) is 34.5 Å². The van der Waals surface area contributed by atoms with Gasteiger partial charge in [-0.1, -0.05) is 0 Å². The standard InChI is InChI=1S/C7H6N2O/c1-2-8-3-6-4-9-5-10-7(1)6/h1-4H,5H2. The van der Waals surface area contributed by atoms with Crippen molar-refractivity contribution in [2.24, 2.45) is 4.99 Å². The molecular weight excluding hydrogens is 128 g/mol. The Morgan fingerprint density at radius 2 is 2.50 bits per heavy atom. The largest absolute Gasteiger partial charge is 0.471 e. The van der Waals surface area contributed by atoms with Crippen molar-refractivity contribution in [2.75, 3.05) is 6.73 Å². The number of aliphatic imine (C=N–C) groups is 1. The summed E-state index contributed by atoms with van der Waals surface area (Å²) in [4.78, 5) is 7.86. The molecule has 0 aliphatic carbocycles. The molecule has 2 rings (SSSR count). The van der Waals surface area contributed by atoms with Crippen molar-refractivity contribution in [3.8, 4) is 5.75 Å². The predicted octanol–water partition coefficient (Wildman–Crippen LogP) is 0.850. The first-order chi connectivity index (χ1) is 4.97. The van der Waals surface area contributed by atoms with Gasteiger partial charge in [-0.3, -0.25) is 9.98 Å². The van der Waals surface area contributed by atoms with Crippen LogP contribution in [-0.2, 0) is 0 Å². The monoisotopic (exact) mass is 134 g/mol. The molecule has 1 aliphatic rings. The lowest BCUT2D eigenvalue weighted by atomic mass is 10.3. The summed E-state index contributed by atoms with van der Waals surface area (Å²) in [5.74, 6) is 0.866. The predicted molar refractivity (Wildman–Crippen MR) is 37.3 cm³/mol. The van der Waals surface area contributed by atoms with E-state index >= 15 is 0 Å². The second-order valence-electron chi connectivity index (χ2n) is 2.00. The van der Waals surface area contributed by atoms with Crippen molar-refractivity contribution in [3.63, 3.8) is 0 Å². The lowest BCUT2D eigenvalue weighted by molar-refractivity contribution is 0.326. The van der Waals surface area contributed by atoms with E-state index in [4.69, 9.17) is 4.74 Å². The van der Waals surface area contributed by atoms with Crippen LogP contribution in [0.3, 0.4) is 0 Å². The van der Waals surface area contributed by atoms with Gasteiger partial charge in [0, 0.05) is 18.6 Å². The third-order valence-corrected chi connectivity index (χ3v) is 1.34. The van der Waals surface area contributed by atoms with Crippen LogP contribution in [0.2, 0.25) is 0 Å². The van der Waals surface area contributed by atoms with Gasteiger partial charge in [0.05, 0.1) is 5.56 Å². The van der Waals surface area contributed by atoms with Crippen molar-refractivity contribution in [1.82, 2.24) is 4.98 Å². The van der Waals surface area contributed by atoms with Crippen molar-refractivity contribution in [2.45, 2.75) is 0 Å². The minimum Gasteiger partial charge on any atom is -0.471 e. The fourth-order valence-corrected chi connectivity index (χ4v) is 0.865. The van der Waals surface area contributed by atoms with Crippen molar-refractivity contribution in [3.05, 3.63) is 24.0 Å². The first-order valence-corrected chi connectivity index (χ1v) is 3.03. The minimum atomic E-state index is 0.428. The van der Waals surface area contributed by atoms with Gasteiger partial charge in [-0.25, -0.2) is 0 Å². The van der Waals surface area contributed by atoms with Gasteiger partial charge in [-0.2, -0.15) is 0 Å². The van der Waals surface area contributed by atoms with Crippen LogP contribution < -0.4 is 4.74 Å². The van der Waals surface area contributed by atoms with Gasteiger partial charge >= 0.3 is 0 Å². The Labute approximate surface area is 58.4 Å². The summed E-state index contributed by atoms with van der Waals surface area (Å²) in [6.45, 7) is 0.428. The highest BCUT2D eigenvalue weighted by Crippen LogP contribution is 2.16. The highest BCUT2D eigenvalue weighted by molar-refractivity contribution is 5.83. The third-order valence-electron chi connectivity index (χ3n) is 1.34.